The molecule has 3 rings (SSSR count). The number of aromatic amines is 1. The number of nitrogens with one attached hydrogen (secondary N) is 2. The SMILES string of the molecule is COC(=O)C(Cc1ccc(O)cc1)NC(=O)c1cc(=O)[nH]c(Cc2ccc(OC)cc2)n1. The van der Waals surface area contributed by atoms with E-state index >= 15 is 0 Å². The molecule has 166 valence electrons. The molecule has 1 aromatic heterocycles. The number of aromatic nitrogens is 2. The van der Waals surface area contributed by atoms with E-state index < -0.39 is 23.5 Å². The number of nitrogens with zero attached hydrogens (tertiary/aromatic N) is 1. The molecule has 3 aromatic rings. The van der Waals surface area contributed by atoms with E-state index in [2.05, 4.69) is 15.3 Å². The van der Waals surface area contributed by atoms with Crippen molar-refractivity contribution in [3.63, 3.8) is 0 Å². The topological polar surface area (TPSA) is 131 Å². The first-order valence-corrected chi connectivity index (χ1v) is 9.77. The van der Waals surface area contributed by atoms with Crippen LogP contribution in [0.3, 0.4) is 0 Å². The number of amides is 1. The van der Waals surface area contributed by atoms with Crippen LogP contribution in [0.5, 0.6) is 11.5 Å². The van der Waals surface area contributed by atoms with Crippen molar-refractivity contribution < 1.29 is 24.2 Å². The Hall–Kier alpha value is -4.14. The van der Waals surface area contributed by atoms with Crippen molar-refractivity contribution in [2.75, 3.05) is 14.2 Å². The van der Waals surface area contributed by atoms with Crippen LogP contribution in [-0.2, 0) is 22.4 Å². The smallest absolute Gasteiger partial charge is 0.328 e. The van der Waals surface area contributed by atoms with Gasteiger partial charge in [-0.3, -0.25) is 9.59 Å². The van der Waals surface area contributed by atoms with Crippen molar-refractivity contribution in [2.45, 2.75) is 18.9 Å². The molecular weight excluding hydrogens is 414 g/mol. The normalized spacial score (nSPS) is 11.4. The fourth-order valence-electron chi connectivity index (χ4n) is 3.08. The fraction of sp³-hybridized carbons (Fsp3) is 0.217. The van der Waals surface area contributed by atoms with Gasteiger partial charge in [0.05, 0.1) is 14.2 Å². The molecule has 0 aliphatic carbocycles. The minimum Gasteiger partial charge on any atom is -0.508 e. The molecule has 0 aliphatic heterocycles. The van der Waals surface area contributed by atoms with Gasteiger partial charge in [0, 0.05) is 18.9 Å². The van der Waals surface area contributed by atoms with E-state index in [9.17, 15) is 19.5 Å². The lowest BCUT2D eigenvalue weighted by Crippen LogP contribution is -2.43. The number of rotatable bonds is 8. The molecule has 3 N–H and O–H groups in total. The highest BCUT2D eigenvalue weighted by Gasteiger charge is 2.24. The molecule has 0 fully saturated rings. The van der Waals surface area contributed by atoms with Crippen LogP contribution in [0.25, 0.3) is 0 Å². The molecule has 0 spiro atoms. The number of hydrogen-bond donors (Lipinski definition) is 3. The lowest BCUT2D eigenvalue weighted by molar-refractivity contribution is -0.142. The summed E-state index contributed by atoms with van der Waals surface area (Å²) in [5, 5.41) is 12.0. The first-order valence-electron chi connectivity index (χ1n) is 9.77. The fourth-order valence-corrected chi connectivity index (χ4v) is 3.08. The van der Waals surface area contributed by atoms with Gasteiger partial charge in [-0.2, -0.15) is 0 Å². The molecule has 32 heavy (non-hydrogen) atoms. The van der Waals surface area contributed by atoms with Crippen LogP contribution in [0, 0.1) is 0 Å². The Bertz CT molecular complexity index is 1140. The summed E-state index contributed by atoms with van der Waals surface area (Å²) in [6.45, 7) is 0. The van der Waals surface area contributed by atoms with Gasteiger partial charge in [-0.15, -0.1) is 0 Å². The van der Waals surface area contributed by atoms with Crippen LogP contribution in [0.2, 0.25) is 0 Å². The Morgan fingerprint density at radius 1 is 1.06 bits per heavy atom. The van der Waals surface area contributed by atoms with E-state index in [1.165, 1.54) is 19.2 Å². The zero-order chi connectivity index (χ0) is 23.1. The Labute approximate surface area is 184 Å². The van der Waals surface area contributed by atoms with Gasteiger partial charge >= 0.3 is 5.97 Å². The summed E-state index contributed by atoms with van der Waals surface area (Å²) in [4.78, 5) is 43.9. The van der Waals surface area contributed by atoms with E-state index in [1.807, 2.05) is 12.1 Å². The Morgan fingerprint density at radius 2 is 1.72 bits per heavy atom. The number of aromatic hydroxyl groups is 1. The summed E-state index contributed by atoms with van der Waals surface area (Å²) >= 11 is 0. The summed E-state index contributed by atoms with van der Waals surface area (Å²) in [5.41, 5.74) is 0.975. The van der Waals surface area contributed by atoms with Crippen molar-refractivity contribution >= 4 is 11.9 Å². The third-order valence-electron chi connectivity index (χ3n) is 4.72. The molecule has 1 heterocycles. The first kappa shape index (κ1) is 22.5. The maximum Gasteiger partial charge on any atom is 0.328 e. The van der Waals surface area contributed by atoms with Crippen molar-refractivity contribution in [3.05, 3.63) is 87.6 Å². The molecular formula is C23H23N3O6. The van der Waals surface area contributed by atoms with Crippen molar-refractivity contribution in [3.8, 4) is 11.5 Å². The van der Waals surface area contributed by atoms with Gasteiger partial charge in [-0.25, -0.2) is 9.78 Å². The number of benzene rings is 2. The zero-order valence-corrected chi connectivity index (χ0v) is 17.6. The quantitative estimate of drug-likeness (QED) is 0.456. The van der Waals surface area contributed by atoms with Crippen LogP contribution >= 0.6 is 0 Å². The minimum atomic E-state index is -0.997. The number of hydrogen-bond acceptors (Lipinski definition) is 7. The first-order chi connectivity index (χ1) is 15.4. The summed E-state index contributed by atoms with van der Waals surface area (Å²) in [6, 6.07) is 13.5. The lowest BCUT2D eigenvalue weighted by atomic mass is 10.1. The molecule has 1 atom stereocenters. The average molecular weight is 437 g/mol. The molecule has 1 amide bonds. The molecule has 0 bridgehead atoms. The van der Waals surface area contributed by atoms with Crippen molar-refractivity contribution in [2.24, 2.45) is 0 Å². The van der Waals surface area contributed by atoms with Gasteiger partial charge in [0.2, 0.25) is 0 Å². The number of esters is 1. The summed E-state index contributed by atoms with van der Waals surface area (Å²) in [5.74, 6) is -0.229. The molecule has 0 saturated carbocycles. The largest absolute Gasteiger partial charge is 0.508 e. The van der Waals surface area contributed by atoms with Gasteiger partial charge < -0.3 is 24.9 Å². The minimum absolute atomic E-state index is 0.0875. The standard InChI is InChI=1S/C23H23N3O6/c1-31-17-9-5-15(6-10-17)12-20-24-18(13-21(28)26-20)22(29)25-19(23(30)32-2)11-14-3-7-16(27)8-4-14/h3-10,13,19,27H,11-12H2,1-2H3,(H,25,29)(H,24,26,28). The van der Waals surface area contributed by atoms with E-state index in [-0.39, 0.29) is 17.9 Å². The van der Waals surface area contributed by atoms with E-state index in [0.29, 0.717) is 23.6 Å². The molecule has 0 radical (unpaired) electrons. The number of phenols is 1. The van der Waals surface area contributed by atoms with Crippen LogP contribution in [0.4, 0.5) is 0 Å². The Morgan fingerprint density at radius 3 is 2.34 bits per heavy atom. The number of carbonyl (C=O) groups is 2. The zero-order valence-electron chi connectivity index (χ0n) is 17.6. The van der Waals surface area contributed by atoms with E-state index in [1.54, 1.807) is 31.4 Å². The van der Waals surface area contributed by atoms with Crippen LogP contribution < -0.4 is 15.6 Å². The van der Waals surface area contributed by atoms with Gasteiger partial charge in [0.15, 0.2) is 0 Å². The summed E-state index contributed by atoms with van der Waals surface area (Å²) < 4.78 is 9.92. The number of phenolic OH excluding ortho intramolecular Hbond substituents is 1. The highest BCUT2D eigenvalue weighted by Crippen LogP contribution is 2.14. The van der Waals surface area contributed by atoms with Gasteiger partial charge in [-0.05, 0) is 35.4 Å². The number of methoxy groups -OCH3 is 2. The van der Waals surface area contributed by atoms with Gasteiger partial charge in [-0.1, -0.05) is 24.3 Å². The number of H-pyrrole nitrogens is 1. The third kappa shape index (κ3) is 5.94. The molecule has 9 heteroatoms. The van der Waals surface area contributed by atoms with E-state index in [4.69, 9.17) is 9.47 Å². The van der Waals surface area contributed by atoms with Crippen LogP contribution in [-0.4, -0.2) is 47.2 Å². The maximum atomic E-state index is 12.8. The summed E-state index contributed by atoms with van der Waals surface area (Å²) in [6.07, 6.45) is 0.439. The second-order valence-corrected chi connectivity index (χ2v) is 7.02. The van der Waals surface area contributed by atoms with Crippen LogP contribution in [0.15, 0.2) is 59.4 Å². The Balaban J connectivity index is 1.77. The molecule has 9 nitrogen and oxygen atoms in total. The number of ether oxygens (including phenoxy) is 2. The van der Waals surface area contributed by atoms with E-state index in [0.717, 1.165) is 11.6 Å². The molecule has 0 aliphatic rings. The molecule has 2 aromatic carbocycles. The van der Waals surface area contributed by atoms with Crippen molar-refractivity contribution in [1.82, 2.24) is 15.3 Å². The van der Waals surface area contributed by atoms with Gasteiger partial charge in [0.25, 0.3) is 11.5 Å². The highest BCUT2D eigenvalue weighted by molar-refractivity contribution is 5.95. The summed E-state index contributed by atoms with van der Waals surface area (Å²) in [7, 11) is 2.79. The third-order valence-corrected chi connectivity index (χ3v) is 4.72. The predicted molar refractivity (Wildman–Crippen MR) is 116 cm³/mol. The van der Waals surface area contributed by atoms with Crippen molar-refractivity contribution in [1.29, 1.82) is 0 Å². The molecule has 1 unspecified atom stereocenters. The Kier molecular flexibility index (Phi) is 7.22. The monoisotopic (exact) mass is 437 g/mol. The van der Waals surface area contributed by atoms with Crippen LogP contribution in [0.1, 0.15) is 27.4 Å². The lowest BCUT2D eigenvalue weighted by Gasteiger charge is -2.16. The van der Waals surface area contributed by atoms with Gasteiger partial charge in [0.1, 0.15) is 29.1 Å². The molecule has 0 saturated heterocycles. The highest BCUT2D eigenvalue weighted by atomic mass is 16.5. The maximum absolute atomic E-state index is 12.8. The number of carbonyl (C=O) groups excluding carboxylic acids is 2. The average Bonchev–Trinajstić information content (AvgIpc) is 2.79. The second kappa shape index (κ2) is 10.3. The second-order valence-electron chi connectivity index (χ2n) is 7.02. The predicted octanol–water partition coefficient (Wildman–Crippen LogP) is 1.59.